The molecular weight excluding hydrogens is 240 g/mol. The fourth-order valence-electron chi connectivity index (χ4n) is 1.62. The van der Waals surface area contributed by atoms with Gasteiger partial charge in [-0.25, -0.2) is 0 Å². The van der Waals surface area contributed by atoms with E-state index in [1.54, 1.807) is 0 Å². The van der Waals surface area contributed by atoms with Crippen molar-refractivity contribution in [2.75, 3.05) is 6.61 Å². The fourth-order valence-corrected chi connectivity index (χ4v) is 2.21. The molecule has 0 N–H and O–H groups in total. The summed E-state index contributed by atoms with van der Waals surface area (Å²) in [6.07, 6.45) is 11.6. The second kappa shape index (κ2) is 7.24. The summed E-state index contributed by atoms with van der Waals surface area (Å²) < 4.78 is 7.02. The zero-order valence-electron chi connectivity index (χ0n) is 8.68. The highest BCUT2D eigenvalue weighted by Gasteiger charge is 2.13. The lowest BCUT2D eigenvalue weighted by atomic mass is 10.0. The summed E-state index contributed by atoms with van der Waals surface area (Å²) in [5, 5.41) is 0. The minimum Gasteiger partial charge on any atom is -0.373 e. The van der Waals surface area contributed by atoms with Crippen LogP contribution in [-0.4, -0.2) is 12.7 Å². The van der Waals surface area contributed by atoms with Crippen LogP contribution < -0.4 is 0 Å². The van der Waals surface area contributed by atoms with Gasteiger partial charge in [-0.05, 0) is 25.7 Å². The Morgan fingerprint density at radius 1 is 1.50 bits per heavy atom. The summed E-state index contributed by atoms with van der Waals surface area (Å²) in [4.78, 5) is 0. The molecule has 1 rings (SSSR count). The molecule has 0 spiro atoms. The predicted molar refractivity (Wildman–Crippen MR) is 64.6 cm³/mol. The van der Waals surface area contributed by atoms with Crippen LogP contribution in [0.1, 0.15) is 38.5 Å². The molecule has 0 fully saturated rings. The lowest BCUT2D eigenvalue weighted by molar-refractivity contribution is 0.0783. The second-order valence-corrected chi connectivity index (χ2v) is 4.58. The molecule has 0 bridgehead atoms. The van der Waals surface area contributed by atoms with Gasteiger partial charge in [-0.15, -0.1) is 6.58 Å². The van der Waals surface area contributed by atoms with E-state index in [0.29, 0.717) is 0 Å². The van der Waals surface area contributed by atoms with Crippen LogP contribution in [0.2, 0.25) is 0 Å². The summed E-state index contributed by atoms with van der Waals surface area (Å²) in [5.74, 6) is 0. The Balaban J connectivity index is 2.37. The minimum absolute atomic E-state index is 0.287. The van der Waals surface area contributed by atoms with Crippen molar-refractivity contribution in [1.82, 2.24) is 0 Å². The molecule has 0 aromatic heterocycles. The van der Waals surface area contributed by atoms with Gasteiger partial charge in [0.05, 0.1) is 12.7 Å². The Kier molecular flexibility index (Phi) is 6.20. The molecule has 14 heavy (non-hydrogen) atoms. The molecule has 1 aliphatic carbocycles. The van der Waals surface area contributed by atoms with E-state index in [1.165, 1.54) is 30.2 Å². The van der Waals surface area contributed by atoms with Crippen molar-refractivity contribution in [2.24, 2.45) is 0 Å². The summed E-state index contributed by atoms with van der Waals surface area (Å²) in [5.41, 5.74) is 0. The zero-order chi connectivity index (χ0) is 10.2. The number of ether oxygens (including phenoxy) is 1. The van der Waals surface area contributed by atoms with Gasteiger partial charge in [-0.1, -0.05) is 40.9 Å². The molecule has 0 radical (unpaired) electrons. The number of hydrogen-bond acceptors (Lipinski definition) is 1. The Morgan fingerprint density at radius 2 is 2.36 bits per heavy atom. The molecule has 80 valence electrons. The zero-order valence-corrected chi connectivity index (χ0v) is 10.3. The molecular formula is C12H19BrO. The van der Waals surface area contributed by atoms with Crippen LogP contribution in [0, 0.1) is 0 Å². The van der Waals surface area contributed by atoms with E-state index in [0.717, 1.165) is 19.4 Å². The number of allylic oxidation sites excluding steroid dienone is 1. The van der Waals surface area contributed by atoms with Crippen molar-refractivity contribution in [3.63, 3.8) is 0 Å². The highest BCUT2D eigenvalue weighted by Crippen LogP contribution is 2.24. The molecule has 1 unspecified atom stereocenters. The van der Waals surface area contributed by atoms with Crippen LogP contribution in [0.25, 0.3) is 0 Å². The molecule has 0 aliphatic heterocycles. The summed E-state index contributed by atoms with van der Waals surface area (Å²) in [7, 11) is 0. The highest BCUT2D eigenvalue weighted by molar-refractivity contribution is 9.11. The van der Waals surface area contributed by atoms with E-state index in [-0.39, 0.29) is 6.10 Å². The normalized spacial score (nSPS) is 23.5. The lowest BCUT2D eigenvalue weighted by Gasteiger charge is -2.19. The van der Waals surface area contributed by atoms with Crippen molar-refractivity contribution in [2.45, 2.75) is 44.6 Å². The quantitative estimate of drug-likeness (QED) is 0.543. The van der Waals surface area contributed by atoms with Gasteiger partial charge in [0, 0.05) is 4.48 Å². The van der Waals surface area contributed by atoms with Crippen LogP contribution in [0.3, 0.4) is 0 Å². The van der Waals surface area contributed by atoms with E-state index in [2.05, 4.69) is 28.6 Å². The smallest absolute Gasteiger partial charge is 0.0886 e. The number of halogens is 1. The second-order valence-electron chi connectivity index (χ2n) is 3.66. The van der Waals surface area contributed by atoms with Crippen LogP contribution in [-0.2, 0) is 4.74 Å². The topological polar surface area (TPSA) is 9.23 Å². The Hall–Kier alpha value is -0.0800. The molecule has 0 amide bonds. The standard InChI is InChI=1S/C12H19BrO/c1-2-3-10-14-12-9-7-5-4-6-8-11(12)13/h2,8,12H,1,3-7,9-10H2. The van der Waals surface area contributed by atoms with E-state index in [9.17, 15) is 0 Å². The van der Waals surface area contributed by atoms with Crippen LogP contribution in [0.5, 0.6) is 0 Å². The van der Waals surface area contributed by atoms with Crippen LogP contribution in [0.4, 0.5) is 0 Å². The first-order valence-electron chi connectivity index (χ1n) is 5.42. The molecule has 1 atom stereocenters. The lowest BCUT2D eigenvalue weighted by Crippen LogP contribution is -2.15. The molecule has 2 heteroatoms. The van der Waals surface area contributed by atoms with Crippen LogP contribution >= 0.6 is 15.9 Å². The summed E-state index contributed by atoms with van der Waals surface area (Å²) >= 11 is 3.60. The average Bonchev–Trinajstić information content (AvgIpc) is 2.17. The van der Waals surface area contributed by atoms with Crippen molar-refractivity contribution in [3.05, 3.63) is 23.2 Å². The number of hydrogen-bond donors (Lipinski definition) is 0. The molecule has 0 heterocycles. The van der Waals surface area contributed by atoms with Crippen molar-refractivity contribution in [3.8, 4) is 0 Å². The summed E-state index contributed by atoms with van der Waals surface area (Å²) in [6.45, 7) is 4.48. The van der Waals surface area contributed by atoms with Gasteiger partial charge in [0.25, 0.3) is 0 Å². The van der Waals surface area contributed by atoms with Crippen molar-refractivity contribution in [1.29, 1.82) is 0 Å². The Morgan fingerprint density at radius 3 is 3.14 bits per heavy atom. The van der Waals surface area contributed by atoms with E-state index < -0.39 is 0 Å². The van der Waals surface area contributed by atoms with Gasteiger partial charge in [0.1, 0.15) is 0 Å². The largest absolute Gasteiger partial charge is 0.373 e. The first-order valence-corrected chi connectivity index (χ1v) is 6.22. The Bertz CT molecular complexity index is 198. The Labute approximate surface area is 95.3 Å². The van der Waals surface area contributed by atoms with E-state index in [1.807, 2.05) is 6.08 Å². The third-order valence-corrected chi connectivity index (χ3v) is 3.29. The maximum atomic E-state index is 5.78. The molecule has 1 aliphatic rings. The van der Waals surface area contributed by atoms with Gasteiger partial charge in [0.15, 0.2) is 0 Å². The molecule has 0 saturated heterocycles. The first-order chi connectivity index (χ1) is 6.84. The SMILES string of the molecule is C=CCCOC1CCCCCC=C1Br. The van der Waals surface area contributed by atoms with Gasteiger partial charge in [0.2, 0.25) is 0 Å². The first kappa shape index (κ1) is 12.0. The molecule has 0 aromatic carbocycles. The maximum Gasteiger partial charge on any atom is 0.0886 e. The monoisotopic (exact) mass is 258 g/mol. The third kappa shape index (κ3) is 4.43. The van der Waals surface area contributed by atoms with Gasteiger partial charge >= 0.3 is 0 Å². The average molecular weight is 259 g/mol. The molecule has 0 saturated carbocycles. The van der Waals surface area contributed by atoms with E-state index >= 15 is 0 Å². The van der Waals surface area contributed by atoms with Gasteiger partial charge in [-0.3, -0.25) is 0 Å². The fraction of sp³-hybridized carbons (Fsp3) is 0.667. The number of rotatable bonds is 4. The minimum atomic E-state index is 0.287. The van der Waals surface area contributed by atoms with Crippen molar-refractivity contribution >= 4 is 15.9 Å². The van der Waals surface area contributed by atoms with E-state index in [4.69, 9.17) is 4.74 Å². The molecule has 0 aromatic rings. The van der Waals surface area contributed by atoms with Crippen molar-refractivity contribution < 1.29 is 4.74 Å². The summed E-state index contributed by atoms with van der Waals surface area (Å²) in [6, 6.07) is 0. The third-order valence-electron chi connectivity index (χ3n) is 2.46. The highest BCUT2D eigenvalue weighted by atomic mass is 79.9. The maximum absolute atomic E-state index is 5.78. The van der Waals surface area contributed by atoms with Crippen LogP contribution in [0.15, 0.2) is 23.2 Å². The molecule has 1 nitrogen and oxygen atoms in total. The predicted octanol–water partition coefficient (Wildman–Crippen LogP) is 4.19. The van der Waals surface area contributed by atoms with Gasteiger partial charge < -0.3 is 4.74 Å². The van der Waals surface area contributed by atoms with Gasteiger partial charge in [-0.2, -0.15) is 0 Å².